The molecule has 2 aliphatic rings. The van der Waals surface area contributed by atoms with Crippen molar-refractivity contribution in [3.8, 4) is 0 Å². The summed E-state index contributed by atoms with van der Waals surface area (Å²) < 4.78 is 0.919. The maximum atomic E-state index is 12.4. The third-order valence-corrected chi connectivity index (χ3v) is 5.74. The average molecular weight is 323 g/mol. The quantitative estimate of drug-likeness (QED) is 0.755. The van der Waals surface area contributed by atoms with Crippen LogP contribution in [0.3, 0.4) is 0 Å². The van der Waals surface area contributed by atoms with Crippen LogP contribution >= 0.6 is 11.3 Å². The predicted octanol–water partition coefficient (Wildman–Crippen LogP) is 3.39. The lowest BCUT2D eigenvalue weighted by atomic mass is 9.70. The molecule has 1 fully saturated rings. The molecule has 1 spiro atoms. The fourth-order valence-electron chi connectivity index (χ4n) is 3.64. The Labute approximate surface area is 138 Å². The van der Waals surface area contributed by atoms with Crippen LogP contribution in [0.2, 0.25) is 0 Å². The zero-order valence-electron chi connectivity index (χ0n) is 12.7. The number of hydrogen-bond acceptors (Lipinski definition) is 4. The van der Waals surface area contributed by atoms with Gasteiger partial charge in [0, 0.05) is 12.8 Å². The van der Waals surface area contributed by atoms with Crippen LogP contribution in [-0.2, 0) is 22.4 Å². The molecule has 0 bridgehead atoms. The summed E-state index contributed by atoms with van der Waals surface area (Å²) in [5, 5.41) is 2.07. The van der Waals surface area contributed by atoms with Gasteiger partial charge in [0.2, 0.25) is 0 Å². The molecule has 23 heavy (non-hydrogen) atoms. The molecule has 1 saturated carbocycles. The summed E-state index contributed by atoms with van der Waals surface area (Å²) in [7, 11) is 0. The molecule has 0 radical (unpaired) electrons. The van der Waals surface area contributed by atoms with Gasteiger partial charge < -0.3 is 0 Å². The third kappa shape index (κ3) is 2.47. The molecule has 116 valence electrons. The molecule has 1 heterocycles. The normalized spacial score (nSPS) is 20.1. The fourth-order valence-corrected chi connectivity index (χ4v) is 4.51. The predicted molar refractivity (Wildman–Crippen MR) is 89.7 cm³/mol. The van der Waals surface area contributed by atoms with E-state index in [1.54, 1.807) is 11.3 Å². The molecular weight excluding hydrogens is 306 g/mol. The number of Topliss-reactive ketones (excluding diaryl/α,β-unsaturated/α-hetero) is 2. The van der Waals surface area contributed by atoms with Crippen molar-refractivity contribution in [2.45, 2.75) is 32.1 Å². The van der Waals surface area contributed by atoms with Gasteiger partial charge >= 0.3 is 0 Å². The maximum absolute atomic E-state index is 12.4. The molecular formula is C19H17NO2S. The highest BCUT2D eigenvalue weighted by molar-refractivity contribution is 7.07. The van der Waals surface area contributed by atoms with E-state index >= 15 is 0 Å². The second-order valence-electron chi connectivity index (χ2n) is 6.35. The van der Waals surface area contributed by atoms with Gasteiger partial charge in [-0.25, -0.2) is 4.99 Å². The largest absolute Gasteiger partial charge is 0.299 e. The molecule has 1 aromatic heterocycles. The van der Waals surface area contributed by atoms with Crippen LogP contribution in [-0.4, -0.2) is 11.6 Å². The van der Waals surface area contributed by atoms with Gasteiger partial charge in [-0.05, 0) is 54.0 Å². The van der Waals surface area contributed by atoms with E-state index in [-0.39, 0.29) is 11.6 Å². The summed E-state index contributed by atoms with van der Waals surface area (Å²) in [5.74, 6) is 0.271. The van der Waals surface area contributed by atoms with Crippen LogP contribution in [0.4, 0.5) is 5.69 Å². The first-order valence-electron chi connectivity index (χ1n) is 7.94. The van der Waals surface area contributed by atoms with Crippen molar-refractivity contribution >= 4 is 28.6 Å². The van der Waals surface area contributed by atoms with Gasteiger partial charge in [0.25, 0.3) is 0 Å². The smallest absolute Gasteiger partial charge is 0.147 e. The van der Waals surface area contributed by atoms with Crippen LogP contribution < -0.4 is 4.67 Å². The first-order valence-corrected chi connectivity index (χ1v) is 8.82. The molecule has 4 heteroatoms. The second kappa shape index (κ2) is 5.53. The lowest BCUT2D eigenvalue weighted by Crippen LogP contribution is -2.43. The Morgan fingerprint density at radius 1 is 0.957 bits per heavy atom. The molecule has 0 atom stereocenters. The SMILES string of the molecule is O=C1CCCC(=O)C12Cc1csc(=Nc3ccccc3)cc1C2. The van der Waals surface area contributed by atoms with Gasteiger partial charge in [0.05, 0.1) is 11.1 Å². The second-order valence-corrected chi connectivity index (χ2v) is 7.24. The third-order valence-electron chi connectivity index (χ3n) is 4.89. The lowest BCUT2D eigenvalue weighted by Gasteiger charge is -2.29. The number of para-hydroxylation sites is 1. The molecule has 2 aliphatic carbocycles. The zero-order valence-corrected chi connectivity index (χ0v) is 13.6. The van der Waals surface area contributed by atoms with Crippen LogP contribution in [0.1, 0.15) is 30.4 Å². The minimum atomic E-state index is -0.765. The summed E-state index contributed by atoms with van der Waals surface area (Å²) in [6.45, 7) is 0. The highest BCUT2D eigenvalue weighted by Gasteiger charge is 2.50. The van der Waals surface area contributed by atoms with E-state index in [1.807, 2.05) is 30.3 Å². The molecule has 0 aliphatic heterocycles. The van der Waals surface area contributed by atoms with Crippen molar-refractivity contribution in [1.82, 2.24) is 0 Å². The maximum Gasteiger partial charge on any atom is 0.147 e. The van der Waals surface area contributed by atoms with Gasteiger partial charge in [0.1, 0.15) is 16.2 Å². The summed E-state index contributed by atoms with van der Waals surface area (Å²) in [5.41, 5.74) is 2.41. The standard InChI is InChI=1S/C19H17NO2S/c21-16-7-4-8-17(22)19(16)10-13-9-18(23-12-14(13)11-19)20-15-5-2-1-3-6-15/h1-3,5-6,9,12H,4,7-8,10-11H2. The van der Waals surface area contributed by atoms with E-state index < -0.39 is 5.41 Å². The van der Waals surface area contributed by atoms with Crippen molar-refractivity contribution < 1.29 is 9.59 Å². The van der Waals surface area contributed by atoms with Crippen LogP contribution in [0.25, 0.3) is 0 Å². The number of benzene rings is 1. The van der Waals surface area contributed by atoms with Gasteiger partial charge in [-0.15, -0.1) is 11.3 Å². The fraction of sp³-hybridized carbons (Fsp3) is 0.316. The van der Waals surface area contributed by atoms with E-state index in [0.717, 1.165) is 21.5 Å². The number of carbonyl (C=O) groups is 2. The molecule has 0 N–H and O–H groups in total. The number of rotatable bonds is 1. The van der Waals surface area contributed by atoms with E-state index in [1.165, 1.54) is 0 Å². The van der Waals surface area contributed by atoms with E-state index in [9.17, 15) is 9.59 Å². The number of ketones is 2. The molecule has 0 amide bonds. The van der Waals surface area contributed by atoms with Crippen molar-refractivity contribution in [1.29, 1.82) is 0 Å². The molecule has 0 saturated heterocycles. The van der Waals surface area contributed by atoms with Crippen LogP contribution in [0.15, 0.2) is 46.8 Å². The molecule has 4 rings (SSSR count). The number of fused-ring (bicyclic) bond motifs is 1. The summed E-state index contributed by atoms with van der Waals surface area (Å²) in [6, 6.07) is 11.9. The van der Waals surface area contributed by atoms with E-state index in [0.29, 0.717) is 32.1 Å². The Morgan fingerprint density at radius 2 is 1.65 bits per heavy atom. The molecule has 2 aromatic rings. The van der Waals surface area contributed by atoms with Gasteiger partial charge in [-0.3, -0.25) is 9.59 Å². The van der Waals surface area contributed by atoms with E-state index in [2.05, 4.69) is 16.4 Å². The molecule has 0 unspecified atom stereocenters. The zero-order chi connectivity index (χ0) is 15.9. The highest BCUT2D eigenvalue weighted by atomic mass is 32.1. The topological polar surface area (TPSA) is 46.5 Å². The van der Waals surface area contributed by atoms with E-state index in [4.69, 9.17) is 0 Å². The Kier molecular flexibility index (Phi) is 3.49. The minimum absolute atomic E-state index is 0.136. The van der Waals surface area contributed by atoms with Gasteiger partial charge in [0.15, 0.2) is 0 Å². The Hall–Kier alpha value is -2.07. The number of hydrogen-bond donors (Lipinski definition) is 0. The van der Waals surface area contributed by atoms with Crippen molar-refractivity contribution in [3.63, 3.8) is 0 Å². The van der Waals surface area contributed by atoms with Crippen LogP contribution in [0, 0.1) is 5.41 Å². The number of carbonyl (C=O) groups excluding carboxylic acids is 2. The first-order chi connectivity index (χ1) is 11.2. The summed E-state index contributed by atoms with van der Waals surface area (Å²) >= 11 is 1.57. The molecule has 1 aromatic carbocycles. The van der Waals surface area contributed by atoms with Gasteiger partial charge in [-0.1, -0.05) is 18.2 Å². The highest BCUT2D eigenvalue weighted by Crippen LogP contribution is 2.42. The van der Waals surface area contributed by atoms with Crippen LogP contribution in [0.5, 0.6) is 0 Å². The van der Waals surface area contributed by atoms with Gasteiger partial charge in [-0.2, -0.15) is 0 Å². The Bertz CT molecular complexity index is 835. The molecule has 3 nitrogen and oxygen atoms in total. The Morgan fingerprint density at radius 3 is 2.39 bits per heavy atom. The minimum Gasteiger partial charge on any atom is -0.299 e. The summed E-state index contributed by atoms with van der Waals surface area (Å²) in [4.78, 5) is 29.5. The van der Waals surface area contributed by atoms with Crippen molar-refractivity contribution in [2.24, 2.45) is 10.4 Å². The Balaban J connectivity index is 1.72. The number of nitrogens with zero attached hydrogens (tertiary/aromatic N) is 1. The average Bonchev–Trinajstić information content (AvgIpc) is 2.94. The monoisotopic (exact) mass is 323 g/mol. The summed E-state index contributed by atoms with van der Waals surface area (Å²) in [6.07, 6.45) is 2.95. The van der Waals surface area contributed by atoms with Crippen molar-refractivity contribution in [3.05, 3.63) is 57.6 Å². The van der Waals surface area contributed by atoms with Crippen molar-refractivity contribution in [2.75, 3.05) is 0 Å². The first kappa shape index (κ1) is 14.5. The lowest BCUT2D eigenvalue weighted by molar-refractivity contribution is -0.143.